The van der Waals surface area contributed by atoms with E-state index in [1.54, 1.807) is 24.5 Å². The Kier molecular flexibility index (Phi) is 4.51. The van der Waals surface area contributed by atoms with Gasteiger partial charge in [-0.15, -0.1) is 0 Å². The Labute approximate surface area is 117 Å². The van der Waals surface area contributed by atoms with Crippen molar-refractivity contribution in [2.45, 2.75) is 19.4 Å². The summed E-state index contributed by atoms with van der Waals surface area (Å²) in [5.41, 5.74) is 2.74. The van der Waals surface area contributed by atoms with Gasteiger partial charge in [0, 0.05) is 23.5 Å². The van der Waals surface area contributed by atoms with Gasteiger partial charge in [-0.2, -0.15) is 0 Å². The third-order valence-electron chi connectivity index (χ3n) is 3.08. The van der Waals surface area contributed by atoms with Gasteiger partial charge in [0.1, 0.15) is 5.82 Å². The first-order valence-electron chi connectivity index (χ1n) is 6.13. The fourth-order valence-electron chi connectivity index (χ4n) is 2.08. The maximum absolute atomic E-state index is 13.8. The van der Waals surface area contributed by atoms with Crippen LogP contribution in [0, 0.1) is 12.7 Å². The second kappa shape index (κ2) is 6.13. The molecule has 2 nitrogen and oxygen atoms in total. The highest BCUT2D eigenvalue weighted by Crippen LogP contribution is 2.22. The first-order chi connectivity index (χ1) is 9.10. The first-order valence-corrected chi connectivity index (χ1v) is 6.50. The van der Waals surface area contributed by atoms with E-state index < -0.39 is 0 Å². The predicted octanol–water partition coefficient (Wildman–Crippen LogP) is 3.69. The first kappa shape index (κ1) is 14.0. The molecule has 4 heteroatoms. The van der Waals surface area contributed by atoms with Crippen LogP contribution in [0.15, 0.2) is 36.7 Å². The maximum Gasteiger partial charge on any atom is 0.126 e. The number of likely N-dealkylation sites (N-methyl/N-ethyl adjacent to an activating group) is 1. The van der Waals surface area contributed by atoms with E-state index in [-0.39, 0.29) is 11.9 Å². The Bertz CT molecular complexity index is 572. The van der Waals surface area contributed by atoms with E-state index in [9.17, 15) is 4.39 Å². The molecule has 1 heterocycles. The van der Waals surface area contributed by atoms with Crippen LogP contribution in [-0.4, -0.2) is 12.0 Å². The molecule has 0 saturated heterocycles. The van der Waals surface area contributed by atoms with Crippen LogP contribution < -0.4 is 5.32 Å². The molecule has 100 valence electrons. The molecule has 0 aliphatic carbocycles. The van der Waals surface area contributed by atoms with Crippen molar-refractivity contribution in [3.63, 3.8) is 0 Å². The van der Waals surface area contributed by atoms with Gasteiger partial charge in [-0.3, -0.25) is 4.98 Å². The molecule has 1 N–H and O–H groups in total. The minimum atomic E-state index is -0.231. The Hall–Kier alpha value is -1.45. The van der Waals surface area contributed by atoms with Crippen molar-refractivity contribution in [2.75, 3.05) is 7.05 Å². The lowest BCUT2D eigenvalue weighted by molar-refractivity contribution is 0.553. The van der Waals surface area contributed by atoms with Crippen LogP contribution >= 0.6 is 11.6 Å². The van der Waals surface area contributed by atoms with Crippen molar-refractivity contribution >= 4 is 11.6 Å². The van der Waals surface area contributed by atoms with Crippen LogP contribution in [0.5, 0.6) is 0 Å². The van der Waals surface area contributed by atoms with Crippen molar-refractivity contribution in [3.05, 3.63) is 64.2 Å². The highest BCUT2D eigenvalue weighted by Gasteiger charge is 2.13. The lowest BCUT2D eigenvalue weighted by Gasteiger charge is -2.17. The Morgan fingerprint density at radius 1 is 1.32 bits per heavy atom. The molecule has 19 heavy (non-hydrogen) atoms. The summed E-state index contributed by atoms with van der Waals surface area (Å²) in [5.74, 6) is -0.231. The summed E-state index contributed by atoms with van der Waals surface area (Å²) in [7, 11) is 1.86. The SMILES string of the molecule is CNC(Cc1cc(Cl)ccc1F)c1cncc(C)c1. The second-order valence-corrected chi connectivity index (χ2v) is 5.01. The molecule has 1 aromatic heterocycles. The smallest absolute Gasteiger partial charge is 0.126 e. The molecule has 0 spiro atoms. The van der Waals surface area contributed by atoms with Crippen LogP contribution in [0.2, 0.25) is 5.02 Å². The zero-order chi connectivity index (χ0) is 13.8. The molecule has 0 aliphatic rings. The van der Waals surface area contributed by atoms with E-state index >= 15 is 0 Å². The fourth-order valence-corrected chi connectivity index (χ4v) is 2.27. The number of nitrogens with one attached hydrogen (secondary N) is 1. The number of halogens is 2. The Balaban J connectivity index is 2.26. The van der Waals surface area contributed by atoms with E-state index in [2.05, 4.69) is 16.4 Å². The van der Waals surface area contributed by atoms with Gasteiger partial charge in [0.05, 0.1) is 0 Å². The number of hydrogen-bond acceptors (Lipinski definition) is 2. The van der Waals surface area contributed by atoms with E-state index in [1.807, 2.05) is 14.0 Å². The van der Waals surface area contributed by atoms with Gasteiger partial charge in [-0.05, 0) is 55.3 Å². The van der Waals surface area contributed by atoms with Crippen molar-refractivity contribution in [1.82, 2.24) is 10.3 Å². The number of rotatable bonds is 4. The molecule has 0 amide bonds. The highest BCUT2D eigenvalue weighted by atomic mass is 35.5. The maximum atomic E-state index is 13.8. The van der Waals surface area contributed by atoms with E-state index in [4.69, 9.17) is 11.6 Å². The summed E-state index contributed by atoms with van der Waals surface area (Å²) in [6.45, 7) is 1.99. The topological polar surface area (TPSA) is 24.9 Å². The minimum Gasteiger partial charge on any atom is -0.313 e. The summed E-state index contributed by atoms with van der Waals surface area (Å²) in [6.07, 6.45) is 4.14. The third-order valence-corrected chi connectivity index (χ3v) is 3.31. The molecule has 1 unspecified atom stereocenters. The van der Waals surface area contributed by atoms with Gasteiger partial charge < -0.3 is 5.32 Å². The zero-order valence-electron chi connectivity index (χ0n) is 11.0. The van der Waals surface area contributed by atoms with Crippen LogP contribution in [0.3, 0.4) is 0 Å². The molecule has 2 rings (SSSR count). The van der Waals surface area contributed by atoms with Crippen molar-refractivity contribution in [3.8, 4) is 0 Å². The summed E-state index contributed by atoms with van der Waals surface area (Å²) in [5, 5.41) is 3.74. The molecular weight excluding hydrogens is 263 g/mol. The van der Waals surface area contributed by atoms with E-state index in [1.165, 1.54) is 6.07 Å². The summed E-state index contributed by atoms with van der Waals surface area (Å²) in [4.78, 5) is 4.17. The number of aryl methyl sites for hydroxylation is 1. The van der Waals surface area contributed by atoms with Crippen molar-refractivity contribution in [2.24, 2.45) is 0 Å². The highest BCUT2D eigenvalue weighted by molar-refractivity contribution is 6.30. The van der Waals surface area contributed by atoms with Crippen LogP contribution in [0.1, 0.15) is 22.7 Å². The standard InChI is InChI=1S/C15H16ClFN2/c1-10-5-12(9-19-8-10)15(18-2)7-11-6-13(16)3-4-14(11)17/h3-6,8-9,15,18H,7H2,1-2H3. The van der Waals surface area contributed by atoms with Gasteiger partial charge in [0.25, 0.3) is 0 Å². The number of hydrogen-bond donors (Lipinski definition) is 1. The summed E-state index contributed by atoms with van der Waals surface area (Å²) in [6, 6.07) is 6.70. The number of aromatic nitrogens is 1. The van der Waals surface area contributed by atoms with Crippen LogP contribution in [-0.2, 0) is 6.42 Å². The molecule has 0 fully saturated rings. The molecule has 0 saturated carbocycles. The van der Waals surface area contributed by atoms with Crippen molar-refractivity contribution in [1.29, 1.82) is 0 Å². The lowest BCUT2D eigenvalue weighted by Crippen LogP contribution is -2.19. The summed E-state index contributed by atoms with van der Waals surface area (Å²) < 4.78 is 13.8. The van der Waals surface area contributed by atoms with Crippen molar-refractivity contribution < 1.29 is 4.39 Å². The molecule has 1 aromatic carbocycles. The quantitative estimate of drug-likeness (QED) is 0.923. The number of pyridine rings is 1. The third kappa shape index (κ3) is 3.52. The molecule has 1 atom stereocenters. The number of benzene rings is 1. The van der Waals surface area contributed by atoms with Gasteiger partial charge in [0.15, 0.2) is 0 Å². The fraction of sp³-hybridized carbons (Fsp3) is 0.267. The lowest BCUT2D eigenvalue weighted by atomic mass is 9.99. The minimum absolute atomic E-state index is 0.0142. The van der Waals surface area contributed by atoms with Crippen LogP contribution in [0.25, 0.3) is 0 Å². The van der Waals surface area contributed by atoms with Gasteiger partial charge >= 0.3 is 0 Å². The Morgan fingerprint density at radius 2 is 2.11 bits per heavy atom. The zero-order valence-corrected chi connectivity index (χ0v) is 11.7. The second-order valence-electron chi connectivity index (χ2n) is 4.58. The van der Waals surface area contributed by atoms with E-state index in [0.717, 1.165) is 11.1 Å². The number of nitrogens with zero attached hydrogens (tertiary/aromatic N) is 1. The molecular formula is C15H16ClFN2. The Morgan fingerprint density at radius 3 is 2.79 bits per heavy atom. The summed E-state index contributed by atoms with van der Waals surface area (Å²) >= 11 is 5.92. The van der Waals surface area contributed by atoms with Gasteiger partial charge in [0.2, 0.25) is 0 Å². The normalized spacial score (nSPS) is 12.4. The molecule has 0 radical (unpaired) electrons. The molecule has 2 aromatic rings. The molecule has 0 bridgehead atoms. The van der Waals surface area contributed by atoms with Crippen LogP contribution in [0.4, 0.5) is 4.39 Å². The average molecular weight is 279 g/mol. The predicted molar refractivity (Wildman–Crippen MR) is 75.9 cm³/mol. The average Bonchev–Trinajstić information content (AvgIpc) is 2.39. The van der Waals surface area contributed by atoms with Gasteiger partial charge in [-0.1, -0.05) is 17.7 Å². The largest absolute Gasteiger partial charge is 0.313 e. The van der Waals surface area contributed by atoms with E-state index in [0.29, 0.717) is 17.0 Å². The molecule has 0 aliphatic heterocycles. The monoisotopic (exact) mass is 278 g/mol. The van der Waals surface area contributed by atoms with Gasteiger partial charge in [-0.25, -0.2) is 4.39 Å².